The molecule has 2 rings (SSSR count). The average molecular weight is 273 g/mol. The van der Waals surface area contributed by atoms with Crippen LogP contribution < -0.4 is 11.1 Å². The highest BCUT2D eigenvalue weighted by atomic mass is 16.1. The smallest absolute Gasteiger partial charge is 0.224 e. The molecule has 0 aliphatic heterocycles. The highest BCUT2D eigenvalue weighted by molar-refractivity contribution is 5.88. The van der Waals surface area contributed by atoms with E-state index in [9.17, 15) is 4.79 Å². The molecule has 4 nitrogen and oxygen atoms in total. The maximum atomic E-state index is 12.1. The number of aromatic amines is 1. The SMILES string of the molecule is CCC(N)(CC)CNC(=O)Cc1c[nH]c2ccccc12. The third-order valence-corrected chi connectivity index (χ3v) is 4.07. The quantitative estimate of drug-likeness (QED) is 0.756. The Morgan fingerprint density at radius 2 is 2.00 bits per heavy atom. The Balaban J connectivity index is 1.98. The van der Waals surface area contributed by atoms with Crippen molar-refractivity contribution in [3.8, 4) is 0 Å². The molecule has 1 aromatic carbocycles. The lowest BCUT2D eigenvalue weighted by molar-refractivity contribution is -0.120. The number of H-pyrrole nitrogens is 1. The normalized spacial score (nSPS) is 11.8. The van der Waals surface area contributed by atoms with Gasteiger partial charge < -0.3 is 16.0 Å². The number of para-hydroxylation sites is 1. The first-order valence-electron chi connectivity index (χ1n) is 7.18. The number of nitrogens with one attached hydrogen (secondary N) is 2. The van der Waals surface area contributed by atoms with Crippen LogP contribution in [0, 0.1) is 0 Å². The van der Waals surface area contributed by atoms with Crippen molar-refractivity contribution in [3.05, 3.63) is 36.0 Å². The molecule has 0 aliphatic carbocycles. The molecule has 0 radical (unpaired) electrons. The highest BCUT2D eigenvalue weighted by Crippen LogP contribution is 2.18. The molecule has 0 unspecified atom stereocenters. The van der Waals surface area contributed by atoms with Gasteiger partial charge in [0, 0.05) is 29.2 Å². The van der Waals surface area contributed by atoms with Crippen LogP contribution in [-0.4, -0.2) is 23.0 Å². The third-order valence-electron chi connectivity index (χ3n) is 4.07. The number of hydrogen-bond donors (Lipinski definition) is 3. The molecule has 0 bridgehead atoms. The minimum atomic E-state index is -0.296. The van der Waals surface area contributed by atoms with Gasteiger partial charge in [0.15, 0.2) is 0 Å². The van der Waals surface area contributed by atoms with E-state index in [2.05, 4.69) is 24.1 Å². The van der Waals surface area contributed by atoms with E-state index in [4.69, 9.17) is 5.73 Å². The van der Waals surface area contributed by atoms with E-state index in [-0.39, 0.29) is 11.4 Å². The summed E-state index contributed by atoms with van der Waals surface area (Å²) in [5.74, 6) is 0.0199. The standard InChI is InChI=1S/C16H23N3O/c1-3-16(17,4-2)11-19-15(20)9-12-10-18-14-8-6-5-7-13(12)14/h5-8,10,18H,3-4,9,11,17H2,1-2H3,(H,19,20). The largest absolute Gasteiger partial charge is 0.361 e. The molecule has 1 heterocycles. The molecule has 108 valence electrons. The molecule has 4 N–H and O–H groups in total. The first kappa shape index (κ1) is 14.6. The van der Waals surface area contributed by atoms with Gasteiger partial charge in [-0.2, -0.15) is 0 Å². The summed E-state index contributed by atoms with van der Waals surface area (Å²) in [5, 5.41) is 4.05. The Hall–Kier alpha value is -1.81. The van der Waals surface area contributed by atoms with Crippen LogP contribution >= 0.6 is 0 Å². The molecule has 0 saturated carbocycles. The van der Waals surface area contributed by atoms with Gasteiger partial charge in [0.1, 0.15) is 0 Å². The molecule has 0 saturated heterocycles. The molecule has 0 aliphatic rings. The highest BCUT2D eigenvalue weighted by Gasteiger charge is 2.21. The van der Waals surface area contributed by atoms with E-state index in [1.165, 1.54) is 0 Å². The van der Waals surface area contributed by atoms with Crippen molar-refractivity contribution >= 4 is 16.8 Å². The average Bonchev–Trinajstić information content (AvgIpc) is 2.88. The summed E-state index contributed by atoms with van der Waals surface area (Å²) >= 11 is 0. The van der Waals surface area contributed by atoms with Crippen molar-refractivity contribution in [2.45, 2.75) is 38.6 Å². The summed E-state index contributed by atoms with van der Waals surface area (Å²) in [6, 6.07) is 8.00. The lowest BCUT2D eigenvalue weighted by Gasteiger charge is -2.26. The number of nitrogens with two attached hydrogens (primary N) is 1. The van der Waals surface area contributed by atoms with Gasteiger partial charge in [0.05, 0.1) is 6.42 Å². The second-order valence-electron chi connectivity index (χ2n) is 5.38. The lowest BCUT2D eigenvalue weighted by Crippen LogP contribution is -2.49. The molecule has 0 spiro atoms. The second kappa shape index (κ2) is 6.09. The van der Waals surface area contributed by atoms with E-state index in [0.29, 0.717) is 13.0 Å². The molecular weight excluding hydrogens is 250 g/mol. The summed E-state index contributed by atoms with van der Waals surface area (Å²) in [5.41, 5.74) is 7.97. The number of rotatable bonds is 6. The van der Waals surface area contributed by atoms with Gasteiger partial charge in [0.2, 0.25) is 5.91 Å². The third kappa shape index (κ3) is 3.20. The Kier molecular flexibility index (Phi) is 4.45. The number of carbonyl (C=O) groups excluding carboxylic acids is 1. The molecule has 1 aromatic heterocycles. The van der Waals surface area contributed by atoms with Gasteiger partial charge in [-0.15, -0.1) is 0 Å². The second-order valence-corrected chi connectivity index (χ2v) is 5.38. The fraction of sp³-hybridized carbons (Fsp3) is 0.438. The fourth-order valence-corrected chi connectivity index (χ4v) is 2.29. The van der Waals surface area contributed by atoms with E-state index in [1.807, 2.05) is 30.5 Å². The van der Waals surface area contributed by atoms with Crippen LogP contribution in [0.1, 0.15) is 32.3 Å². The van der Waals surface area contributed by atoms with Gasteiger partial charge in [-0.25, -0.2) is 0 Å². The van der Waals surface area contributed by atoms with Crippen molar-refractivity contribution in [1.29, 1.82) is 0 Å². The molecule has 0 fully saturated rings. The Bertz CT molecular complexity index is 584. The van der Waals surface area contributed by atoms with Crippen LogP contribution in [-0.2, 0) is 11.2 Å². The van der Waals surface area contributed by atoms with Crippen LogP contribution in [0.3, 0.4) is 0 Å². The number of carbonyl (C=O) groups is 1. The van der Waals surface area contributed by atoms with Crippen molar-refractivity contribution in [1.82, 2.24) is 10.3 Å². The molecule has 4 heteroatoms. The van der Waals surface area contributed by atoms with Gasteiger partial charge in [-0.05, 0) is 24.5 Å². The van der Waals surface area contributed by atoms with E-state index >= 15 is 0 Å². The molecule has 0 atom stereocenters. The number of hydrogen-bond acceptors (Lipinski definition) is 2. The van der Waals surface area contributed by atoms with Crippen LogP contribution in [0.5, 0.6) is 0 Å². The topological polar surface area (TPSA) is 70.9 Å². The lowest BCUT2D eigenvalue weighted by atomic mass is 9.94. The fourth-order valence-electron chi connectivity index (χ4n) is 2.29. The zero-order chi connectivity index (χ0) is 14.6. The van der Waals surface area contributed by atoms with Crippen LogP contribution in [0.4, 0.5) is 0 Å². The molecule has 1 amide bonds. The Morgan fingerprint density at radius 1 is 1.30 bits per heavy atom. The monoisotopic (exact) mass is 273 g/mol. The van der Waals surface area contributed by atoms with Crippen LogP contribution in [0.15, 0.2) is 30.5 Å². The number of benzene rings is 1. The Labute approximate surface area is 119 Å². The van der Waals surface area contributed by atoms with Gasteiger partial charge >= 0.3 is 0 Å². The zero-order valence-electron chi connectivity index (χ0n) is 12.2. The van der Waals surface area contributed by atoms with E-state index in [1.54, 1.807) is 0 Å². The Morgan fingerprint density at radius 3 is 2.70 bits per heavy atom. The van der Waals surface area contributed by atoms with Gasteiger partial charge in [-0.3, -0.25) is 4.79 Å². The number of fused-ring (bicyclic) bond motifs is 1. The van der Waals surface area contributed by atoms with Crippen molar-refractivity contribution < 1.29 is 4.79 Å². The number of aromatic nitrogens is 1. The molecular formula is C16H23N3O. The van der Waals surface area contributed by atoms with E-state index in [0.717, 1.165) is 29.3 Å². The summed E-state index contributed by atoms with van der Waals surface area (Å²) in [4.78, 5) is 15.2. The van der Waals surface area contributed by atoms with Crippen molar-refractivity contribution in [2.75, 3.05) is 6.54 Å². The molecule has 20 heavy (non-hydrogen) atoms. The minimum absolute atomic E-state index is 0.0199. The van der Waals surface area contributed by atoms with Crippen LogP contribution in [0.25, 0.3) is 10.9 Å². The summed E-state index contributed by atoms with van der Waals surface area (Å²) in [6.07, 6.45) is 4.00. The summed E-state index contributed by atoms with van der Waals surface area (Å²) in [6.45, 7) is 4.63. The summed E-state index contributed by atoms with van der Waals surface area (Å²) < 4.78 is 0. The van der Waals surface area contributed by atoms with Crippen molar-refractivity contribution in [2.24, 2.45) is 5.73 Å². The maximum absolute atomic E-state index is 12.1. The summed E-state index contributed by atoms with van der Waals surface area (Å²) in [7, 11) is 0. The van der Waals surface area contributed by atoms with E-state index < -0.39 is 0 Å². The predicted molar refractivity (Wildman–Crippen MR) is 82.5 cm³/mol. The number of amides is 1. The predicted octanol–water partition coefficient (Wildman–Crippen LogP) is 2.34. The minimum Gasteiger partial charge on any atom is -0.361 e. The van der Waals surface area contributed by atoms with Gasteiger partial charge in [-0.1, -0.05) is 32.0 Å². The molecule has 2 aromatic rings. The zero-order valence-corrected chi connectivity index (χ0v) is 12.2. The maximum Gasteiger partial charge on any atom is 0.224 e. The first-order valence-corrected chi connectivity index (χ1v) is 7.18. The first-order chi connectivity index (χ1) is 9.58. The van der Waals surface area contributed by atoms with Crippen molar-refractivity contribution in [3.63, 3.8) is 0 Å². The van der Waals surface area contributed by atoms with Gasteiger partial charge in [0.25, 0.3) is 0 Å². The van der Waals surface area contributed by atoms with Crippen LogP contribution in [0.2, 0.25) is 0 Å².